The van der Waals surface area contributed by atoms with Gasteiger partial charge in [-0.15, -0.1) is 21.5 Å². The summed E-state index contributed by atoms with van der Waals surface area (Å²) < 4.78 is 4.87. The lowest BCUT2D eigenvalue weighted by Gasteiger charge is -2.03. The summed E-state index contributed by atoms with van der Waals surface area (Å²) in [6, 6.07) is 1.58. The minimum atomic E-state index is -0.545. The minimum absolute atomic E-state index is 0.0989. The van der Waals surface area contributed by atoms with Crippen LogP contribution in [0.2, 0.25) is 0 Å². The number of ether oxygens (including phenoxy) is 1. The molecule has 0 aliphatic carbocycles. The van der Waals surface area contributed by atoms with Crippen LogP contribution in [0.15, 0.2) is 11.4 Å². The third-order valence-electron chi connectivity index (χ3n) is 1.94. The molecule has 1 amide bonds. The summed E-state index contributed by atoms with van der Waals surface area (Å²) in [4.78, 5) is 23.2. The highest BCUT2D eigenvalue weighted by molar-refractivity contribution is 7.14. The number of H-pyrrole nitrogens is 1. The van der Waals surface area contributed by atoms with Crippen LogP contribution in [0.5, 0.6) is 0 Å². The van der Waals surface area contributed by atoms with Crippen molar-refractivity contribution in [2.45, 2.75) is 6.92 Å². The van der Waals surface area contributed by atoms with Crippen LogP contribution >= 0.6 is 11.3 Å². The van der Waals surface area contributed by atoms with E-state index < -0.39 is 11.9 Å². The molecule has 0 aliphatic rings. The SMILES string of the molecule is CCOC(=O)c1ccsc1NC(=O)c1nn[nH]n1. The summed E-state index contributed by atoms with van der Waals surface area (Å²) in [7, 11) is 0. The first-order chi connectivity index (χ1) is 8.72. The predicted molar refractivity (Wildman–Crippen MR) is 62.4 cm³/mol. The first-order valence-electron chi connectivity index (χ1n) is 5.01. The van der Waals surface area contributed by atoms with Gasteiger partial charge >= 0.3 is 5.97 Å². The van der Waals surface area contributed by atoms with Crippen molar-refractivity contribution in [3.05, 3.63) is 22.8 Å². The summed E-state index contributed by atoms with van der Waals surface area (Å²) in [5, 5.41) is 17.1. The second-order valence-electron chi connectivity index (χ2n) is 3.07. The number of carbonyl (C=O) groups excluding carboxylic acids is 2. The van der Waals surface area contributed by atoms with E-state index in [1.807, 2.05) is 0 Å². The monoisotopic (exact) mass is 267 g/mol. The van der Waals surface area contributed by atoms with E-state index in [9.17, 15) is 9.59 Å². The van der Waals surface area contributed by atoms with Gasteiger partial charge in [0.2, 0.25) is 0 Å². The third kappa shape index (κ3) is 2.51. The Bertz CT molecular complexity index is 550. The van der Waals surface area contributed by atoms with Crippen molar-refractivity contribution in [2.24, 2.45) is 0 Å². The van der Waals surface area contributed by atoms with E-state index >= 15 is 0 Å². The Morgan fingerprint density at radius 3 is 3.06 bits per heavy atom. The van der Waals surface area contributed by atoms with Crippen molar-refractivity contribution in [2.75, 3.05) is 11.9 Å². The molecule has 0 bridgehead atoms. The zero-order valence-corrected chi connectivity index (χ0v) is 10.2. The summed E-state index contributed by atoms with van der Waals surface area (Å²) in [6.45, 7) is 1.98. The van der Waals surface area contributed by atoms with E-state index in [2.05, 4.69) is 25.9 Å². The number of aromatic amines is 1. The molecule has 9 heteroatoms. The largest absolute Gasteiger partial charge is 0.462 e. The smallest absolute Gasteiger partial charge is 0.341 e. The topological polar surface area (TPSA) is 110 Å². The van der Waals surface area contributed by atoms with Gasteiger partial charge in [-0.3, -0.25) is 4.79 Å². The Balaban J connectivity index is 2.13. The van der Waals surface area contributed by atoms with Crippen molar-refractivity contribution in [1.82, 2.24) is 20.6 Å². The molecule has 0 spiro atoms. The molecule has 2 rings (SSSR count). The number of nitrogens with zero attached hydrogens (tertiary/aromatic N) is 3. The second-order valence-corrected chi connectivity index (χ2v) is 3.99. The van der Waals surface area contributed by atoms with Crippen molar-refractivity contribution in [1.29, 1.82) is 0 Å². The van der Waals surface area contributed by atoms with Crippen LogP contribution in [0.3, 0.4) is 0 Å². The van der Waals surface area contributed by atoms with Crippen molar-refractivity contribution in [3.8, 4) is 0 Å². The fourth-order valence-electron chi connectivity index (χ4n) is 1.19. The van der Waals surface area contributed by atoms with E-state index in [1.54, 1.807) is 18.4 Å². The molecule has 2 aromatic rings. The number of carbonyl (C=O) groups is 2. The van der Waals surface area contributed by atoms with Gasteiger partial charge < -0.3 is 10.1 Å². The summed E-state index contributed by atoms with van der Waals surface area (Å²) in [5.41, 5.74) is 0.304. The Morgan fingerprint density at radius 2 is 2.39 bits per heavy atom. The highest BCUT2D eigenvalue weighted by Gasteiger charge is 2.18. The molecule has 0 saturated heterocycles. The van der Waals surface area contributed by atoms with E-state index in [0.29, 0.717) is 10.6 Å². The second kappa shape index (κ2) is 5.36. The van der Waals surface area contributed by atoms with Gasteiger partial charge in [-0.1, -0.05) is 0 Å². The Hall–Kier alpha value is -2.29. The van der Waals surface area contributed by atoms with Gasteiger partial charge in [-0.2, -0.15) is 5.21 Å². The molecule has 18 heavy (non-hydrogen) atoms. The van der Waals surface area contributed by atoms with Crippen LogP contribution in [-0.2, 0) is 4.74 Å². The molecule has 2 heterocycles. The third-order valence-corrected chi connectivity index (χ3v) is 2.77. The van der Waals surface area contributed by atoms with E-state index in [-0.39, 0.29) is 12.4 Å². The molecular weight excluding hydrogens is 258 g/mol. The number of rotatable bonds is 4. The van der Waals surface area contributed by atoms with E-state index in [1.165, 1.54) is 11.3 Å². The van der Waals surface area contributed by atoms with Crippen molar-refractivity contribution in [3.63, 3.8) is 0 Å². The van der Waals surface area contributed by atoms with E-state index in [0.717, 1.165) is 0 Å². The zero-order valence-electron chi connectivity index (χ0n) is 9.34. The fourth-order valence-corrected chi connectivity index (χ4v) is 1.96. The first-order valence-corrected chi connectivity index (χ1v) is 5.89. The maximum atomic E-state index is 11.7. The Kier molecular flexibility index (Phi) is 3.63. The lowest BCUT2D eigenvalue weighted by Crippen LogP contribution is -2.15. The highest BCUT2D eigenvalue weighted by Crippen LogP contribution is 2.24. The summed E-state index contributed by atoms with van der Waals surface area (Å²) in [6.07, 6.45) is 0. The zero-order chi connectivity index (χ0) is 13.0. The van der Waals surface area contributed by atoms with Crippen LogP contribution < -0.4 is 5.32 Å². The van der Waals surface area contributed by atoms with Gasteiger partial charge in [0.15, 0.2) is 0 Å². The number of aromatic nitrogens is 4. The number of esters is 1. The molecule has 0 unspecified atom stereocenters. The molecule has 0 fully saturated rings. The van der Waals surface area contributed by atoms with Crippen LogP contribution in [0.25, 0.3) is 0 Å². The van der Waals surface area contributed by atoms with Gasteiger partial charge in [-0.05, 0) is 23.6 Å². The molecule has 0 saturated carbocycles. The van der Waals surface area contributed by atoms with Gasteiger partial charge in [-0.25, -0.2) is 4.79 Å². The molecule has 8 nitrogen and oxygen atoms in total. The lowest BCUT2D eigenvalue weighted by atomic mass is 10.3. The Labute approximate surface area is 105 Å². The van der Waals surface area contributed by atoms with Crippen molar-refractivity contribution < 1.29 is 14.3 Å². The number of amides is 1. The Morgan fingerprint density at radius 1 is 1.56 bits per heavy atom. The predicted octanol–water partition coefficient (Wildman–Crippen LogP) is 0.690. The highest BCUT2D eigenvalue weighted by atomic mass is 32.1. The molecule has 0 aromatic carbocycles. The van der Waals surface area contributed by atoms with Crippen LogP contribution in [0.4, 0.5) is 5.00 Å². The number of hydrogen-bond acceptors (Lipinski definition) is 7. The van der Waals surface area contributed by atoms with Gasteiger partial charge in [0, 0.05) is 0 Å². The molecule has 0 radical (unpaired) electrons. The normalized spacial score (nSPS) is 10.1. The average molecular weight is 267 g/mol. The number of nitrogens with one attached hydrogen (secondary N) is 2. The standard InChI is InChI=1S/C9H9N5O3S/c1-2-17-9(16)5-3-4-18-8(5)10-7(15)6-11-13-14-12-6/h3-4H,2H2,1H3,(H,10,15)(H,11,12,13,14). The molecule has 0 aliphatic heterocycles. The first kappa shape index (κ1) is 12.2. The van der Waals surface area contributed by atoms with Gasteiger partial charge in [0.05, 0.1) is 12.2 Å². The maximum absolute atomic E-state index is 11.7. The van der Waals surface area contributed by atoms with Crippen LogP contribution in [0, 0.1) is 0 Å². The van der Waals surface area contributed by atoms with Gasteiger partial charge in [0.1, 0.15) is 5.00 Å². The van der Waals surface area contributed by atoms with Gasteiger partial charge in [0.25, 0.3) is 11.7 Å². The molecule has 94 valence electrons. The van der Waals surface area contributed by atoms with Crippen LogP contribution in [-0.4, -0.2) is 39.1 Å². The number of tetrazole rings is 1. The molecule has 2 aromatic heterocycles. The fraction of sp³-hybridized carbons (Fsp3) is 0.222. The lowest BCUT2D eigenvalue weighted by molar-refractivity contribution is 0.0528. The molecular formula is C9H9N5O3S. The van der Waals surface area contributed by atoms with Crippen molar-refractivity contribution >= 4 is 28.2 Å². The average Bonchev–Trinajstić information content (AvgIpc) is 2.99. The number of thiophene rings is 1. The molecule has 0 atom stereocenters. The minimum Gasteiger partial charge on any atom is -0.462 e. The summed E-state index contributed by atoms with van der Waals surface area (Å²) >= 11 is 1.21. The quantitative estimate of drug-likeness (QED) is 0.788. The number of hydrogen-bond donors (Lipinski definition) is 2. The number of anilines is 1. The summed E-state index contributed by atoms with van der Waals surface area (Å²) in [5.74, 6) is -1.13. The maximum Gasteiger partial charge on any atom is 0.341 e. The van der Waals surface area contributed by atoms with E-state index in [4.69, 9.17) is 4.74 Å². The van der Waals surface area contributed by atoms with Crippen LogP contribution in [0.1, 0.15) is 27.9 Å². The molecule has 2 N–H and O–H groups in total.